The van der Waals surface area contributed by atoms with E-state index >= 15 is 0 Å². The van der Waals surface area contributed by atoms with Crippen molar-refractivity contribution in [2.24, 2.45) is 0 Å². The number of anilines is 3. The van der Waals surface area contributed by atoms with Gasteiger partial charge in [-0.25, -0.2) is 34.5 Å². The largest absolute Gasteiger partial charge is 0.524 e. The monoisotopic (exact) mass is 1580 g/mol. The van der Waals surface area contributed by atoms with Gasteiger partial charge in [-0.1, -0.05) is 94.6 Å². The van der Waals surface area contributed by atoms with E-state index in [4.69, 9.17) is 70.2 Å². The minimum Gasteiger partial charge on any atom is -0.508 e. The molecule has 115 heavy (non-hydrogen) atoms. The van der Waals surface area contributed by atoms with Crippen molar-refractivity contribution >= 4 is 109 Å². The number of fused-ring (bicyclic) bond motifs is 9. The second-order valence-corrected chi connectivity index (χ2v) is 29.1. The van der Waals surface area contributed by atoms with Crippen LogP contribution in [0, 0.1) is 50.9 Å². The van der Waals surface area contributed by atoms with E-state index in [0.717, 1.165) is 170 Å². The summed E-state index contributed by atoms with van der Waals surface area (Å²) in [6.07, 6.45) is 26.6. The molecule has 0 aliphatic heterocycles. The van der Waals surface area contributed by atoms with Gasteiger partial charge >= 0.3 is 7.82 Å². The average Bonchev–Trinajstić information content (AvgIpc) is 1.63. The summed E-state index contributed by atoms with van der Waals surface area (Å²) in [5.41, 5.74) is 33.4. The number of phenols is 3. The molecular weight excluding hydrogens is 1480 g/mol. The SMILES string of the molecule is C#CC(=O)CCCOCCc1ccc2nc(N)c3nc(CCCC)n(Cc4ccc(O)c(C)c4)c3c2c1.C#CC(=O)NCCOCCc1ccc2nc(N)c3nc(CCCC)n(Cc4ccc(OP(=O)(O)O)c(C)c4)c3c2c1.C#CC(=O)NCCOCCc1ccc2nc(N)c3nc(CCCC)n(Cc4cccc(O)c4O)c3c2c1. The number of aromatic nitrogens is 9. The number of terminal acetylenes is 3. The Balaban J connectivity index is 0.000000183. The number of imidazole rings is 3. The molecule has 28 heteroatoms. The van der Waals surface area contributed by atoms with Gasteiger partial charge in [0.25, 0.3) is 11.8 Å². The van der Waals surface area contributed by atoms with E-state index in [-0.39, 0.29) is 23.0 Å². The zero-order chi connectivity index (χ0) is 82.3. The standard InChI is InChI=1S/C30H34N4O3.C29H34N5O6P.C28H31N5O4/c1-4-6-9-27-33-28-29(34(27)19-22-11-13-26(36)20(3)17-22)24-18-21(10-12-25(24)32-30(28)31)14-16-37-15-7-8-23(35)5-2;1-4-6-7-25-33-27-28(34(25)18-21-9-11-24(19(3)16-21)40-41(36,37)38)22-17-20(8-10-23(22)32-29(27)30)12-14-39-15-13-31-26(35)5-2;1-3-5-9-23-32-25-26(33(23)17-19-7-6-8-22(34)27(19)36)20-16-18(10-11-21(20)31-28(25)29)12-14-37-15-13-30-24(35)4-2/h2,10-13,17-18,36H,4,6-9,14-16,19H2,1,3H3,(H2,31,32);2,8-11,16-17H,4,6-7,12-15,18H2,1,3H3,(H2,30,32)(H,31,35)(H2,36,37,38);2,6-8,10-11,16,34,36H,3,5,9,12-15,17H2,1H3,(H2,29,31)(H,30,35). The number of hydrogen-bond acceptors (Lipinski definition) is 20. The van der Waals surface area contributed by atoms with Crippen LogP contribution in [0.4, 0.5) is 17.5 Å². The van der Waals surface area contributed by atoms with Crippen LogP contribution in [-0.2, 0) is 91.3 Å². The molecule has 0 fully saturated rings. The number of nitrogen functional groups attached to an aromatic ring is 3. The van der Waals surface area contributed by atoms with Crippen molar-refractivity contribution in [2.45, 2.75) is 144 Å². The number of phosphoric acid groups is 1. The number of amides is 2. The molecule has 0 saturated heterocycles. The van der Waals surface area contributed by atoms with Crippen LogP contribution in [0.3, 0.4) is 0 Å². The number of unbranched alkanes of at least 4 members (excludes halogenated alkanes) is 3. The average molecular weight is 1580 g/mol. The fourth-order valence-corrected chi connectivity index (χ4v) is 14.0. The van der Waals surface area contributed by atoms with Crippen molar-refractivity contribution in [1.29, 1.82) is 0 Å². The van der Waals surface area contributed by atoms with Gasteiger partial charge in [-0.15, -0.1) is 19.3 Å². The summed E-state index contributed by atoms with van der Waals surface area (Å²) in [7, 11) is -4.67. The van der Waals surface area contributed by atoms with Crippen LogP contribution in [0.1, 0.15) is 134 Å². The van der Waals surface area contributed by atoms with Crippen LogP contribution in [0.25, 0.3) is 65.8 Å². The van der Waals surface area contributed by atoms with Gasteiger partial charge in [0.05, 0.1) is 72.7 Å². The lowest BCUT2D eigenvalue weighted by molar-refractivity contribution is -0.116. The van der Waals surface area contributed by atoms with E-state index in [2.05, 4.69) is 84.2 Å². The number of benzene rings is 6. The Hall–Kier alpha value is -12.1. The first-order valence-corrected chi connectivity index (χ1v) is 40.0. The van der Waals surface area contributed by atoms with Gasteiger partial charge in [-0.2, -0.15) is 0 Å². The number of carbonyl (C=O) groups excluding carboxylic acids is 3. The number of ketones is 1. The number of pyridine rings is 3. The molecule has 0 radical (unpaired) electrons. The minimum atomic E-state index is -4.67. The fraction of sp³-hybridized carbons (Fsp3) is 0.345. The zero-order valence-corrected chi connectivity index (χ0v) is 66.4. The first-order chi connectivity index (χ1) is 55.4. The third-order valence-electron chi connectivity index (χ3n) is 19.4. The molecule has 2 amide bonds. The molecule has 0 spiro atoms. The Kier molecular flexibility index (Phi) is 30.1. The summed E-state index contributed by atoms with van der Waals surface area (Å²) in [5.74, 6) is 9.00. The normalized spacial score (nSPS) is 11.3. The highest BCUT2D eigenvalue weighted by Crippen LogP contribution is 2.41. The van der Waals surface area contributed by atoms with Crippen LogP contribution in [0.15, 0.2) is 109 Å². The van der Waals surface area contributed by atoms with Gasteiger partial charge in [-0.05, 0) is 170 Å². The lowest BCUT2D eigenvalue weighted by Crippen LogP contribution is -2.25. The van der Waals surface area contributed by atoms with Crippen molar-refractivity contribution in [2.75, 3.05) is 69.9 Å². The van der Waals surface area contributed by atoms with Gasteiger partial charge in [0.15, 0.2) is 29.0 Å². The number of carbonyl (C=O) groups is 3. The molecule has 6 aromatic carbocycles. The number of phosphoric ester groups is 1. The Morgan fingerprint density at radius 1 is 0.470 bits per heavy atom. The molecule has 600 valence electrons. The summed E-state index contributed by atoms with van der Waals surface area (Å²) in [6, 6.07) is 34.1. The van der Waals surface area contributed by atoms with Gasteiger partial charge in [0.1, 0.15) is 45.5 Å². The molecule has 0 saturated carbocycles. The number of ether oxygens (including phenoxy) is 3. The third kappa shape index (κ3) is 22.4. The van der Waals surface area contributed by atoms with E-state index in [1.54, 1.807) is 37.3 Å². The first kappa shape index (κ1) is 85.3. The van der Waals surface area contributed by atoms with Crippen LogP contribution < -0.4 is 32.4 Å². The minimum absolute atomic E-state index is 0.132. The highest BCUT2D eigenvalue weighted by Gasteiger charge is 2.24. The number of phenolic OH excluding ortho intramolecular Hbond substituents is 3. The number of hydrogen-bond donors (Lipinski definition) is 10. The Morgan fingerprint density at radius 2 is 0.878 bits per heavy atom. The summed E-state index contributed by atoms with van der Waals surface area (Å²) < 4.78 is 39.6. The first-order valence-electron chi connectivity index (χ1n) is 38.5. The maximum atomic E-state index is 11.3. The molecule has 6 heterocycles. The molecule has 12 rings (SSSR count). The molecule has 0 aliphatic carbocycles. The zero-order valence-electron chi connectivity index (χ0n) is 65.5. The predicted molar refractivity (Wildman–Crippen MR) is 448 cm³/mol. The number of Topliss-reactive ketones (excluding diaryl/α,β-unsaturated/α-hetero) is 1. The summed E-state index contributed by atoms with van der Waals surface area (Å²) in [5, 5.41) is 38.5. The highest BCUT2D eigenvalue weighted by molar-refractivity contribution is 7.46. The van der Waals surface area contributed by atoms with Crippen LogP contribution in [0.2, 0.25) is 0 Å². The number of aromatic hydroxyl groups is 3. The molecule has 12 aromatic rings. The fourth-order valence-electron chi connectivity index (χ4n) is 13.5. The Bertz CT molecular complexity index is 5690. The number of nitrogens with one attached hydrogen (secondary N) is 2. The predicted octanol–water partition coefficient (Wildman–Crippen LogP) is 12.0. The highest BCUT2D eigenvalue weighted by atomic mass is 31.2. The molecule has 6 aromatic heterocycles. The molecule has 0 atom stereocenters. The van der Waals surface area contributed by atoms with E-state index in [1.807, 2.05) is 73.4 Å². The Morgan fingerprint density at radius 3 is 1.28 bits per heavy atom. The number of nitrogens with zero attached hydrogens (tertiary/aromatic N) is 9. The second kappa shape index (κ2) is 40.6. The molecule has 0 aliphatic rings. The lowest BCUT2D eigenvalue weighted by Gasteiger charge is -2.14. The van der Waals surface area contributed by atoms with Crippen molar-refractivity contribution in [1.82, 2.24) is 54.2 Å². The smallest absolute Gasteiger partial charge is 0.508 e. The van der Waals surface area contributed by atoms with Crippen molar-refractivity contribution in [3.63, 3.8) is 0 Å². The molecule has 0 bridgehead atoms. The third-order valence-corrected chi connectivity index (χ3v) is 19.8. The van der Waals surface area contributed by atoms with Gasteiger partial charge < -0.3 is 75.6 Å². The molecular formula is C87H99N14O13P. The molecule has 0 unspecified atom stereocenters. The molecule has 13 N–H and O–H groups in total. The quantitative estimate of drug-likeness (QED) is 0.00573. The topological polar surface area (TPSA) is 401 Å². The number of aryl methyl sites for hydroxylation is 5. The van der Waals surface area contributed by atoms with Gasteiger partial charge in [0.2, 0.25) is 5.78 Å². The number of rotatable bonds is 36. The summed E-state index contributed by atoms with van der Waals surface area (Å²) in [6.45, 7) is 14.9. The van der Waals surface area contributed by atoms with Crippen LogP contribution >= 0.6 is 7.82 Å². The second-order valence-electron chi connectivity index (χ2n) is 27.9. The number of para-hydroxylation sites is 1. The van der Waals surface area contributed by atoms with Crippen LogP contribution in [-0.4, -0.2) is 139 Å². The maximum Gasteiger partial charge on any atom is 0.524 e. The van der Waals surface area contributed by atoms with E-state index in [9.17, 15) is 44.1 Å². The summed E-state index contributed by atoms with van der Waals surface area (Å²) in [4.78, 5) is 80.5. The molecule has 27 nitrogen and oxygen atoms in total. The van der Waals surface area contributed by atoms with Gasteiger partial charge in [-0.3, -0.25) is 24.2 Å². The van der Waals surface area contributed by atoms with Crippen molar-refractivity contribution < 1.29 is 62.8 Å². The lowest BCUT2D eigenvalue weighted by atomic mass is 10.1. The number of nitrogens with two attached hydrogens (primary N) is 3. The van der Waals surface area contributed by atoms with Crippen molar-refractivity contribution in [3.8, 4) is 60.0 Å². The van der Waals surface area contributed by atoms with E-state index in [0.29, 0.717) is 143 Å². The van der Waals surface area contributed by atoms with Crippen molar-refractivity contribution in [3.05, 3.63) is 171 Å². The summed E-state index contributed by atoms with van der Waals surface area (Å²) >= 11 is 0. The van der Waals surface area contributed by atoms with Gasteiger partial charge in [0, 0.05) is 80.2 Å². The Labute approximate surface area is 667 Å². The van der Waals surface area contributed by atoms with E-state index < -0.39 is 19.6 Å². The van der Waals surface area contributed by atoms with E-state index in [1.165, 1.54) is 6.07 Å². The maximum absolute atomic E-state index is 11.3. The van der Waals surface area contributed by atoms with Crippen LogP contribution in [0.5, 0.6) is 23.0 Å².